The van der Waals surface area contributed by atoms with Crippen molar-refractivity contribution in [1.29, 1.82) is 0 Å². The molecule has 1 aromatic heterocycles. The molecule has 6 nitrogen and oxygen atoms in total. The van der Waals surface area contributed by atoms with Crippen LogP contribution in [0.25, 0.3) is 0 Å². The lowest BCUT2D eigenvalue weighted by Crippen LogP contribution is -2.40. The van der Waals surface area contributed by atoms with Crippen LogP contribution in [0.15, 0.2) is 18.3 Å². The molecule has 19 heavy (non-hydrogen) atoms. The quantitative estimate of drug-likeness (QED) is 0.534. The van der Waals surface area contributed by atoms with E-state index in [2.05, 4.69) is 10.4 Å². The standard InChI is InChI=1S/C10H13F3N4O2/c11-10(12,13)6-17(3-4-18)9(19)7-1-2-15-8(5-7)16-14/h1-2,5,18H,3-4,6,14H2,(H,15,16). The van der Waals surface area contributed by atoms with Crippen molar-refractivity contribution >= 4 is 11.7 Å². The topological polar surface area (TPSA) is 91.5 Å². The number of hydrogen-bond donors (Lipinski definition) is 3. The number of nitrogens with two attached hydrogens (primary N) is 1. The first kappa shape index (κ1) is 15.2. The summed E-state index contributed by atoms with van der Waals surface area (Å²) in [5, 5.41) is 8.72. The summed E-state index contributed by atoms with van der Waals surface area (Å²) < 4.78 is 37.0. The van der Waals surface area contributed by atoms with E-state index in [1.54, 1.807) is 0 Å². The molecule has 0 saturated carbocycles. The minimum atomic E-state index is -4.53. The Kier molecular flexibility index (Phi) is 5.07. The van der Waals surface area contributed by atoms with Gasteiger partial charge in [-0.2, -0.15) is 13.2 Å². The molecular weight excluding hydrogens is 265 g/mol. The molecule has 106 valence electrons. The van der Waals surface area contributed by atoms with Crippen LogP contribution in [0.1, 0.15) is 10.4 Å². The summed E-state index contributed by atoms with van der Waals surface area (Å²) in [5.41, 5.74) is 2.19. The first-order valence-electron chi connectivity index (χ1n) is 5.27. The van der Waals surface area contributed by atoms with E-state index in [4.69, 9.17) is 10.9 Å². The Morgan fingerprint density at radius 1 is 1.53 bits per heavy atom. The highest BCUT2D eigenvalue weighted by atomic mass is 19.4. The average Bonchev–Trinajstić information content (AvgIpc) is 2.36. The number of carbonyl (C=O) groups is 1. The summed E-state index contributed by atoms with van der Waals surface area (Å²) >= 11 is 0. The first-order valence-corrected chi connectivity index (χ1v) is 5.27. The number of pyridine rings is 1. The van der Waals surface area contributed by atoms with Crippen LogP contribution in [-0.4, -0.2) is 46.8 Å². The zero-order chi connectivity index (χ0) is 14.5. The highest BCUT2D eigenvalue weighted by Crippen LogP contribution is 2.18. The predicted molar refractivity (Wildman–Crippen MR) is 61.1 cm³/mol. The van der Waals surface area contributed by atoms with Crippen LogP contribution >= 0.6 is 0 Å². The normalized spacial score (nSPS) is 11.2. The molecule has 0 unspecified atom stereocenters. The smallest absolute Gasteiger partial charge is 0.395 e. The number of halogens is 3. The molecule has 1 amide bonds. The van der Waals surface area contributed by atoms with E-state index in [-0.39, 0.29) is 11.4 Å². The summed E-state index contributed by atoms with van der Waals surface area (Å²) in [5.74, 6) is 4.40. The zero-order valence-corrected chi connectivity index (χ0v) is 9.81. The Morgan fingerprint density at radius 2 is 2.21 bits per heavy atom. The van der Waals surface area contributed by atoms with Crippen LogP contribution in [0.3, 0.4) is 0 Å². The molecule has 0 aliphatic rings. The lowest BCUT2D eigenvalue weighted by atomic mass is 10.2. The van der Waals surface area contributed by atoms with Crippen molar-refractivity contribution in [3.63, 3.8) is 0 Å². The highest BCUT2D eigenvalue weighted by molar-refractivity contribution is 5.94. The van der Waals surface area contributed by atoms with Crippen LogP contribution in [0.5, 0.6) is 0 Å². The van der Waals surface area contributed by atoms with Crippen LogP contribution in [0.4, 0.5) is 19.0 Å². The van der Waals surface area contributed by atoms with Crippen molar-refractivity contribution in [2.45, 2.75) is 6.18 Å². The predicted octanol–water partition coefficient (Wildman–Crippen LogP) is 0.364. The molecule has 1 aromatic rings. The number of nitrogens with one attached hydrogen (secondary N) is 1. The van der Waals surface area contributed by atoms with Gasteiger partial charge in [-0.1, -0.05) is 0 Å². The Hall–Kier alpha value is -1.87. The van der Waals surface area contributed by atoms with Crippen molar-refractivity contribution in [2.24, 2.45) is 5.84 Å². The maximum atomic E-state index is 12.3. The van der Waals surface area contributed by atoms with Crippen molar-refractivity contribution < 1.29 is 23.1 Å². The number of aliphatic hydroxyl groups excluding tert-OH is 1. The van der Waals surface area contributed by atoms with Gasteiger partial charge in [0.15, 0.2) is 0 Å². The molecule has 0 fully saturated rings. The number of nitrogen functional groups attached to an aromatic ring is 1. The van der Waals surface area contributed by atoms with Crippen LogP contribution in [0, 0.1) is 0 Å². The first-order chi connectivity index (χ1) is 8.87. The third-order valence-corrected chi connectivity index (χ3v) is 2.18. The van der Waals surface area contributed by atoms with Gasteiger partial charge in [-0.25, -0.2) is 10.8 Å². The van der Waals surface area contributed by atoms with Crippen molar-refractivity contribution in [2.75, 3.05) is 25.1 Å². The van der Waals surface area contributed by atoms with E-state index in [0.29, 0.717) is 4.90 Å². The summed E-state index contributed by atoms with van der Waals surface area (Å²) in [6, 6.07) is 2.49. The Balaban J connectivity index is 2.91. The van der Waals surface area contributed by atoms with Gasteiger partial charge in [-0.05, 0) is 12.1 Å². The molecule has 0 saturated heterocycles. The number of aliphatic hydroxyl groups is 1. The molecule has 0 spiro atoms. The third-order valence-electron chi connectivity index (χ3n) is 2.18. The van der Waals surface area contributed by atoms with Crippen molar-refractivity contribution in [3.05, 3.63) is 23.9 Å². The molecule has 0 radical (unpaired) electrons. The van der Waals surface area contributed by atoms with Gasteiger partial charge in [0.05, 0.1) is 6.61 Å². The van der Waals surface area contributed by atoms with Crippen LogP contribution < -0.4 is 11.3 Å². The summed E-state index contributed by atoms with van der Waals surface area (Å²) in [6.07, 6.45) is -3.29. The maximum absolute atomic E-state index is 12.3. The van der Waals surface area contributed by atoms with Crippen LogP contribution in [0.2, 0.25) is 0 Å². The molecule has 0 atom stereocenters. The van der Waals surface area contributed by atoms with E-state index < -0.39 is 31.8 Å². The second-order valence-corrected chi connectivity index (χ2v) is 3.64. The van der Waals surface area contributed by atoms with E-state index >= 15 is 0 Å². The van der Waals surface area contributed by atoms with E-state index in [1.165, 1.54) is 18.3 Å². The Bertz CT molecular complexity index is 439. The molecule has 9 heteroatoms. The van der Waals surface area contributed by atoms with E-state index in [0.717, 1.165) is 0 Å². The van der Waals surface area contributed by atoms with Gasteiger partial charge in [0.25, 0.3) is 5.91 Å². The SMILES string of the molecule is NNc1cc(C(=O)N(CCO)CC(F)(F)F)ccn1. The molecule has 0 bridgehead atoms. The van der Waals surface area contributed by atoms with Gasteiger partial charge in [0.2, 0.25) is 0 Å². The lowest BCUT2D eigenvalue weighted by molar-refractivity contribution is -0.141. The number of carbonyl (C=O) groups excluding carboxylic acids is 1. The second-order valence-electron chi connectivity index (χ2n) is 3.64. The van der Waals surface area contributed by atoms with Crippen molar-refractivity contribution in [3.8, 4) is 0 Å². The monoisotopic (exact) mass is 278 g/mol. The lowest BCUT2D eigenvalue weighted by Gasteiger charge is -2.23. The average molecular weight is 278 g/mol. The number of aromatic nitrogens is 1. The number of anilines is 1. The van der Waals surface area contributed by atoms with Crippen LogP contribution in [-0.2, 0) is 0 Å². The van der Waals surface area contributed by atoms with Gasteiger partial charge < -0.3 is 15.4 Å². The van der Waals surface area contributed by atoms with Gasteiger partial charge in [0.1, 0.15) is 12.4 Å². The fraction of sp³-hybridized carbons (Fsp3) is 0.400. The largest absolute Gasteiger partial charge is 0.406 e. The van der Waals surface area contributed by atoms with Gasteiger partial charge >= 0.3 is 6.18 Å². The molecule has 1 rings (SSSR count). The Labute approximate surface area is 107 Å². The zero-order valence-electron chi connectivity index (χ0n) is 9.81. The number of hydrogen-bond acceptors (Lipinski definition) is 5. The fourth-order valence-corrected chi connectivity index (χ4v) is 1.41. The maximum Gasteiger partial charge on any atom is 0.406 e. The Morgan fingerprint density at radius 3 is 2.74 bits per heavy atom. The van der Waals surface area contributed by atoms with E-state index in [1.807, 2.05) is 0 Å². The molecule has 0 aliphatic heterocycles. The summed E-state index contributed by atoms with van der Waals surface area (Å²) in [4.78, 5) is 16.2. The second kappa shape index (κ2) is 6.34. The third kappa shape index (κ3) is 4.72. The minimum absolute atomic E-state index is 0.000602. The molecule has 0 aliphatic carbocycles. The highest BCUT2D eigenvalue weighted by Gasteiger charge is 2.33. The summed E-state index contributed by atoms with van der Waals surface area (Å²) in [7, 11) is 0. The number of rotatable bonds is 5. The number of amides is 1. The fourth-order valence-electron chi connectivity index (χ4n) is 1.41. The minimum Gasteiger partial charge on any atom is -0.395 e. The van der Waals surface area contributed by atoms with Gasteiger partial charge in [-0.3, -0.25) is 4.79 Å². The van der Waals surface area contributed by atoms with Crippen molar-refractivity contribution in [1.82, 2.24) is 9.88 Å². The molecule has 4 N–H and O–H groups in total. The molecule has 0 aromatic carbocycles. The number of nitrogens with zero attached hydrogens (tertiary/aromatic N) is 2. The van der Waals surface area contributed by atoms with E-state index in [9.17, 15) is 18.0 Å². The molecule has 1 heterocycles. The molecular formula is C10H13F3N4O2. The summed E-state index contributed by atoms with van der Waals surface area (Å²) in [6.45, 7) is -2.40. The van der Waals surface area contributed by atoms with Gasteiger partial charge in [-0.15, -0.1) is 0 Å². The number of hydrazine groups is 1. The number of alkyl halides is 3. The van der Waals surface area contributed by atoms with Gasteiger partial charge in [0, 0.05) is 18.3 Å².